The standard InChI is InChI=1S/C13H14F2O/c14-13(15)8-6-11(7-9-13)12(16)10-4-2-1-3-5-10/h1-5,11H,6-9H2. The summed E-state index contributed by atoms with van der Waals surface area (Å²) in [7, 11) is 0. The molecule has 86 valence electrons. The molecule has 0 spiro atoms. The molecule has 0 aromatic heterocycles. The van der Waals surface area contributed by atoms with Crippen LogP contribution in [0.4, 0.5) is 8.78 Å². The molecule has 0 heterocycles. The molecule has 3 heteroatoms. The predicted molar refractivity (Wildman–Crippen MR) is 57.7 cm³/mol. The second-order valence-electron chi connectivity index (χ2n) is 4.36. The SMILES string of the molecule is O=C(c1ccccc1)C1CCC(F)(F)CC1. The van der Waals surface area contributed by atoms with Crippen LogP contribution in [0.15, 0.2) is 30.3 Å². The molecule has 1 aliphatic rings. The summed E-state index contributed by atoms with van der Waals surface area (Å²) in [4.78, 5) is 12.0. The first-order valence-electron chi connectivity index (χ1n) is 5.56. The van der Waals surface area contributed by atoms with Crippen molar-refractivity contribution in [1.29, 1.82) is 0 Å². The summed E-state index contributed by atoms with van der Waals surface area (Å²) < 4.78 is 25.9. The Labute approximate surface area is 93.5 Å². The minimum Gasteiger partial charge on any atom is -0.294 e. The molecule has 0 bridgehead atoms. The maximum absolute atomic E-state index is 12.9. The fraction of sp³-hybridized carbons (Fsp3) is 0.462. The summed E-state index contributed by atoms with van der Waals surface area (Å²) >= 11 is 0. The van der Waals surface area contributed by atoms with Crippen LogP contribution in [0.5, 0.6) is 0 Å². The van der Waals surface area contributed by atoms with Gasteiger partial charge in [0.15, 0.2) is 5.78 Å². The van der Waals surface area contributed by atoms with Crippen LogP contribution in [0.1, 0.15) is 36.0 Å². The Morgan fingerprint density at radius 1 is 1.12 bits per heavy atom. The normalized spacial score (nSPS) is 20.6. The van der Waals surface area contributed by atoms with Gasteiger partial charge in [0.05, 0.1) is 0 Å². The number of Topliss-reactive ketones (excluding diaryl/α,β-unsaturated/α-hetero) is 1. The van der Waals surface area contributed by atoms with E-state index in [-0.39, 0.29) is 24.5 Å². The van der Waals surface area contributed by atoms with Crippen LogP contribution in [0.2, 0.25) is 0 Å². The van der Waals surface area contributed by atoms with E-state index < -0.39 is 5.92 Å². The molecule has 1 aliphatic carbocycles. The lowest BCUT2D eigenvalue weighted by Gasteiger charge is -2.27. The van der Waals surface area contributed by atoms with Gasteiger partial charge in [-0.15, -0.1) is 0 Å². The van der Waals surface area contributed by atoms with Crippen molar-refractivity contribution in [3.63, 3.8) is 0 Å². The fourth-order valence-electron chi connectivity index (χ4n) is 2.14. The Hall–Kier alpha value is -1.25. The van der Waals surface area contributed by atoms with Gasteiger partial charge in [0.1, 0.15) is 0 Å². The van der Waals surface area contributed by atoms with Gasteiger partial charge in [-0.25, -0.2) is 8.78 Å². The molecule has 2 rings (SSSR count). The fourth-order valence-corrected chi connectivity index (χ4v) is 2.14. The van der Waals surface area contributed by atoms with Crippen LogP contribution in [0.3, 0.4) is 0 Å². The van der Waals surface area contributed by atoms with E-state index in [1.807, 2.05) is 6.07 Å². The summed E-state index contributed by atoms with van der Waals surface area (Å²) in [5, 5.41) is 0. The average Bonchev–Trinajstić information content (AvgIpc) is 2.29. The Bertz CT molecular complexity index is 363. The molecule has 0 saturated heterocycles. The van der Waals surface area contributed by atoms with Crippen LogP contribution in [0.25, 0.3) is 0 Å². The van der Waals surface area contributed by atoms with Gasteiger partial charge in [-0.05, 0) is 12.8 Å². The number of hydrogen-bond donors (Lipinski definition) is 0. The molecule has 0 unspecified atom stereocenters. The van der Waals surface area contributed by atoms with Gasteiger partial charge in [-0.1, -0.05) is 30.3 Å². The molecule has 16 heavy (non-hydrogen) atoms. The minimum absolute atomic E-state index is 0.0103. The van der Waals surface area contributed by atoms with E-state index >= 15 is 0 Å². The number of carbonyl (C=O) groups is 1. The number of ketones is 1. The zero-order valence-corrected chi connectivity index (χ0v) is 8.96. The summed E-state index contributed by atoms with van der Waals surface area (Å²) in [5.74, 6) is -2.77. The monoisotopic (exact) mass is 224 g/mol. The lowest BCUT2D eigenvalue weighted by molar-refractivity contribution is -0.0424. The van der Waals surface area contributed by atoms with Crippen molar-refractivity contribution in [3.05, 3.63) is 35.9 Å². The molecule has 1 aromatic carbocycles. The summed E-state index contributed by atoms with van der Waals surface area (Å²) in [6.07, 6.45) is 0.300. The zero-order chi connectivity index (χ0) is 11.6. The molecule has 0 atom stereocenters. The van der Waals surface area contributed by atoms with E-state index in [4.69, 9.17) is 0 Å². The number of rotatable bonds is 2. The van der Waals surface area contributed by atoms with Gasteiger partial charge in [0, 0.05) is 24.3 Å². The summed E-state index contributed by atoms with van der Waals surface area (Å²) in [6, 6.07) is 8.92. The number of benzene rings is 1. The quantitative estimate of drug-likeness (QED) is 0.700. The smallest absolute Gasteiger partial charge is 0.248 e. The molecular formula is C13H14F2O. The molecular weight excluding hydrogens is 210 g/mol. The van der Waals surface area contributed by atoms with Crippen molar-refractivity contribution < 1.29 is 13.6 Å². The second-order valence-corrected chi connectivity index (χ2v) is 4.36. The summed E-state index contributed by atoms with van der Waals surface area (Å²) in [6.45, 7) is 0. The van der Waals surface area contributed by atoms with E-state index in [0.717, 1.165) is 0 Å². The van der Waals surface area contributed by atoms with Crippen molar-refractivity contribution >= 4 is 5.78 Å². The predicted octanol–water partition coefficient (Wildman–Crippen LogP) is 3.69. The largest absolute Gasteiger partial charge is 0.294 e. The lowest BCUT2D eigenvalue weighted by Crippen LogP contribution is -2.28. The lowest BCUT2D eigenvalue weighted by atomic mass is 9.82. The molecule has 1 saturated carbocycles. The van der Waals surface area contributed by atoms with Crippen LogP contribution in [0, 0.1) is 5.92 Å². The third kappa shape index (κ3) is 2.46. The van der Waals surface area contributed by atoms with Crippen molar-refractivity contribution in [2.75, 3.05) is 0 Å². The Kier molecular flexibility index (Phi) is 3.03. The number of alkyl halides is 2. The van der Waals surface area contributed by atoms with Crippen LogP contribution >= 0.6 is 0 Å². The Balaban J connectivity index is 2.03. The van der Waals surface area contributed by atoms with Gasteiger partial charge >= 0.3 is 0 Å². The highest BCUT2D eigenvalue weighted by Crippen LogP contribution is 2.37. The first-order chi connectivity index (χ1) is 7.58. The summed E-state index contributed by atoms with van der Waals surface area (Å²) in [5.41, 5.74) is 0.637. The first kappa shape index (κ1) is 11.2. The number of halogens is 2. The van der Waals surface area contributed by atoms with E-state index in [2.05, 4.69) is 0 Å². The average molecular weight is 224 g/mol. The van der Waals surface area contributed by atoms with Crippen LogP contribution in [-0.4, -0.2) is 11.7 Å². The maximum atomic E-state index is 12.9. The highest BCUT2D eigenvalue weighted by atomic mass is 19.3. The molecule has 0 aliphatic heterocycles. The molecule has 0 N–H and O–H groups in total. The second kappa shape index (κ2) is 4.32. The van der Waals surface area contributed by atoms with Crippen LogP contribution < -0.4 is 0 Å². The molecule has 1 fully saturated rings. The van der Waals surface area contributed by atoms with Crippen LogP contribution in [-0.2, 0) is 0 Å². The minimum atomic E-state index is -2.56. The molecule has 0 amide bonds. The molecule has 1 aromatic rings. The van der Waals surface area contributed by atoms with Crippen molar-refractivity contribution in [2.45, 2.75) is 31.6 Å². The Morgan fingerprint density at radius 3 is 2.25 bits per heavy atom. The van der Waals surface area contributed by atoms with Crippen molar-refractivity contribution in [1.82, 2.24) is 0 Å². The molecule has 0 radical (unpaired) electrons. The number of carbonyl (C=O) groups excluding carboxylic acids is 1. The van der Waals surface area contributed by atoms with E-state index in [0.29, 0.717) is 18.4 Å². The van der Waals surface area contributed by atoms with E-state index in [1.165, 1.54) is 0 Å². The third-order valence-corrected chi connectivity index (χ3v) is 3.15. The van der Waals surface area contributed by atoms with Crippen molar-refractivity contribution in [2.24, 2.45) is 5.92 Å². The molecule has 1 nitrogen and oxygen atoms in total. The van der Waals surface area contributed by atoms with Gasteiger partial charge in [0.2, 0.25) is 5.92 Å². The number of hydrogen-bond acceptors (Lipinski definition) is 1. The van der Waals surface area contributed by atoms with E-state index in [9.17, 15) is 13.6 Å². The Morgan fingerprint density at radius 2 is 1.69 bits per heavy atom. The highest BCUT2D eigenvalue weighted by Gasteiger charge is 2.37. The first-order valence-corrected chi connectivity index (χ1v) is 5.56. The third-order valence-electron chi connectivity index (χ3n) is 3.15. The van der Waals surface area contributed by atoms with E-state index in [1.54, 1.807) is 24.3 Å². The van der Waals surface area contributed by atoms with Gasteiger partial charge in [-0.2, -0.15) is 0 Å². The zero-order valence-electron chi connectivity index (χ0n) is 8.96. The van der Waals surface area contributed by atoms with Crippen molar-refractivity contribution in [3.8, 4) is 0 Å². The van der Waals surface area contributed by atoms with Gasteiger partial charge in [0.25, 0.3) is 0 Å². The van der Waals surface area contributed by atoms with Gasteiger partial charge < -0.3 is 0 Å². The topological polar surface area (TPSA) is 17.1 Å². The maximum Gasteiger partial charge on any atom is 0.248 e. The highest BCUT2D eigenvalue weighted by molar-refractivity contribution is 5.97. The van der Waals surface area contributed by atoms with Gasteiger partial charge in [-0.3, -0.25) is 4.79 Å².